The highest BCUT2D eigenvalue weighted by Gasteiger charge is 2.41. The van der Waals surface area contributed by atoms with Crippen molar-refractivity contribution in [2.45, 2.75) is 38.9 Å². The molecule has 0 aliphatic carbocycles. The Morgan fingerprint density at radius 1 is 1.15 bits per heavy atom. The van der Waals surface area contributed by atoms with Gasteiger partial charge in [0.25, 0.3) is 0 Å². The molecule has 1 aliphatic heterocycles. The minimum atomic E-state index is 0.0918. The monoisotopic (exact) mass is 273 g/mol. The van der Waals surface area contributed by atoms with Gasteiger partial charge in [-0.3, -0.25) is 0 Å². The molecule has 0 saturated carbocycles. The van der Waals surface area contributed by atoms with Gasteiger partial charge in [-0.2, -0.15) is 4.98 Å². The number of aromatic nitrogens is 2. The summed E-state index contributed by atoms with van der Waals surface area (Å²) in [6, 6.07) is 7.48. The first-order valence-corrected chi connectivity index (χ1v) is 6.91. The highest BCUT2D eigenvalue weighted by atomic mass is 16.5. The lowest BCUT2D eigenvalue weighted by molar-refractivity contribution is 0.0542. The third kappa shape index (κ3) is 2.18. The molecule has 0 amide bonds. The largest absolute Gasteiger partial charge is 0.399 e. The van der Waals surface area contributed by atoms with Crippen LogP contribution in [0.3, 0.4) is 0 Å². The smallest absolute Gasteiger partial charge is 0.233 e. The van der Waals surface area contributed by atoms with Gasteiger partial charge in [-0.05, 0) is 31.9 Å². The molecule has 1 saturated heterocycles. The molecule has 106 valence electrons. The number of nitrogen functional groups attached to an aromatic ring is 1. The van der Waals surface area contributed by atoms with Crippen molar-refractivity contribution >= 4 is 5.69 Å². The van der Waals surface area contributed by atoms with Crippen LogP contribution in [0.4, 0.5) is 5.69 Å². The zero-order chi connectivity index (χ0) is 14.3. The molecule has 1 aromatic heterocycles. The van der Waals surface area contributed by atoms with E-state index < -0.39 is 0 Å². The van der Waals surface area contributed by atoms with E-state index in [0.717, 1.165) is 5.56 Å². The summed E-state index contributed by atoms with van der Waals surface area (Å²) in [4.78, 5) is 4.53. The number of nitrogens with zero attached hydrogens (tertiary/aromatic N) is 2. The van der Waals surface area contributed by atoms with E-state index in [9.17, 15) is 0 Å². The summed E-state index contributed by atoms with van der Waals surface area (Å²) >= 11 is 0. The SMILES string of the molecule is CC1OC(C)C(c2nc(-c3cccc(N)c3)no2)C1C. The van der Waals surface area contributed by atoms with E-state index in [2.05, 4.69) is 30.9 Å². The van der Waals surface area contributed by atoms with Crippen LogP contribution >= 0.6 is 0 Å². The molecule has 1 fully saturated rings. The molecule has 0 bridgehead atoms. The van der Waals surface area contributed by atoms with Crippen molar-refractivity contribution in [2.75, 3.05) is 5.73 Å². The second kappa shape index (κ2) is 4.90. The molecule has 4 atom stereocenters. The van der Waals surface area contributed by atoms with Crippen molar-refractivity contribution in [1.29, 1.82) is 0 Å². The van der Waals surface area contributed by atoms with Gasteiger partial charge in [0.1, 0.15) is 0 Å². The molecule has 2 heterocycles. The average Bonchev–Trinajstić information content (AvgIpc) is 2.96. The van der Waals surface area contributed by atoms with Crippen LogP contribution in [0.5, 0.6) is 0 Å². The van der Waals surface area contributed by atoms with Crippen LogP contribution in [0.1, 0.15) is 32.6 Å². The Labute approximate surface area is 118 Å². The van der Waals surface area contributed by atoms with Crippen molar-refractivity contribution in [2.24, 2.45) is 5.92 Å². The van der Waals surface area contributed by atoms with Crippen molar-refractivity contribution in [3.8, 4) is 11.4 Å². The van der Waals surface area contributed by atoms with Crippen LogP contribution in [0.2, 0.25) is 0 Å². The average molecular weight is 273 g/mol. The normalized spacial score (nSPS) is 29.8. The molecule has 2 N–H and O–H groups in total. The molecule has 2 aromatic rings. The molecule has 4 unspecified atom stereocenters. The van der Waals surface area contributed by atoms with Crippen molar-refractivity contribution in [1.82, 2.24) is 10.1 Å². The summed E-state index contributed by atoms with van der Waals surface area (Å²) < 4.78 is 11.3. The molecule has 5 nitrogen and oxygen atoms in total. The van der Waals surface area contributed by atoms with E-state index in [1.807, 2.05) is 24.3 Å². The van der Waals surface area contributed by atoms with Gasteiger partial charge in [0.05, 0.1) is 18.1 Å². The number of benzene rings is 1. The number of ether oxygens (including phenoxy) is 1. The van der Waals surface area contributed by atoms with E-state index in [4.69, 9.17) is 15.0 Å². The first-order chi connectivity index (χ1) is 9.56. The van der Waals surface area contributed by atoms with Crippen LogP contribution < -0.4 is 5.73 Å². The van der Waals surface area contributed by atoms with Crippen LogP contribution in [0.25, 0.3) is 11.4 Å². The predicted octanol–water partition coefficient (Wildman–Crippen LogP) is 2.85. The van der Waals surface area contributed by atoms with Gasteiger partial charge < -0.3 is 15.0 Å². The lowest BCUT2D eigenvalue weighted by Gasteiger charge is -2.12. The molecule has 5 heteroatoms. The molecule has 1 aliphatic rings. The highest BCUT2D eigenvalue weighted by Crippen LogP contribution is 2.39. The summed E-state index contributed by atoms with van der Waals surface area (Å²) in [5.41, 5.74) is 7.34. The van der Waals surface area contributed by atoms with Crippen LogP contribution in [0, 0.1) is 5.92 Å². The third-order valence-electron chi connectivity index (χ3n) is 4.11. The molecule has 3 rings (SSSR count). The predicted molar refractivity (Wildman–Crippen MR) is 76.1 cm³/mol. The Morgan fingerprint density at radius 3 is 2.60 bits per heavy atom. The Balaban J connectivity index is 1.91. The second-order valence-corrected chi connectivity index (χ2v) is 5.51. The van der Waals surface area contributed by atoms with Crippen molar-refractivity contribution in [3.05, 3.63) is 30.2 Å². The highest BCUT2D eigenvalue weighted by molar-refractivity contribution is 5.60. The van der Waals surface area contributed by atoms with Gasteiger partial charge >= 0.3 is 0 Å². The summed E-state index contributed by atoms with van der Waals surface area (Å²) in [5.74, 6) is 1.73. The summed E-state index contributed by atoms with van der Waals surface area (Å²) in [6.45, 7) is 6.29. The van der Waals surface area contributed by atoms with Gasteiger partial charge in [0, 0.05) is 11.3 Å². The molecule has 1 aromatic carbocycles. The third-order valence-corrected chi connectivity index (χ3v) is 4.11. The van der Waals surface area contributed by atoms with E-state index in [1.54, 1.807) is 0 Å². The number of hydrogen-bond donors (Lipinski definition) is 1. The first-order valence-electron chi connectivity index (χ1n) is 6.91. The standard InChI is InChI=1S/C15H19N3O2/c1-8-9(2)19-10(3)13(8)15-17-14(18-20-15)11-5-4-6-12(16)7-11/h4-10,13H,16H2,1-3H3. The fourth-order valence-electron chi connectivity index (χ4n) is 2.86. The van der Waals surface area contributed by atoms with Gasteiger partial charge in [0.15, 0.2) is 0 Å². The van der Waals surface area contributed by atoms with E-state index in [0.29, 0.717) is 23.3 Å². The number of hydrogen-bond acceptors (Lipinski definition) is 5. The summed E-state index contributed by atoms with van der Waals surface area (Å²) in [6.07, 6.45) is 0.298. The van der Waals surface area contributed by atoms with Gasteiger partial charge in [-0.25, -0.2) is 0 Å². The Morgan fingerprint density at radius 2 is 1.95 bits per heavy atom. The maximum absolute atomic E-state index is 5.83. The fourth-order valence-corrected chi connectivity index (χ4v) is 2.86. The molecular formula is C15H19N3O2. The van der Waals surface area contributed by atoms with Crippen molar-refractivity contribution in [3.63, 3.8) is 0 Å². The Kier molecular flexibility index (Phi) is 3.22. The fraction of sp³-hybridized carbons (Fsp3) is 0.467. The topological polar surface area (TPSA) is 74.2 Å². The van der Waals surface area contributed by atoms with Crippen LogP contribution in [-0.4, -0.2) is 22.3 Å². The Bertz CT molecular complexity index is 611. The first kappa shape index (κ1) is 13.1. The minimum Gasteiger partial charge on any atom is -0.399 e. The molecule has 0 spiro atoms. The number of rotatable bonds is 2. The maximum Gasteiger partial charge on any atom is 0.233 e. The zero-order valence-corrected chi connectivity index (χ0v) is 11.9. The summed E-state index contributed by atoms with van der Waals surface area (Å²) in [7, 11) is 0. The summed E-state index contributed by atoms with van der Waals surface area (Å²) in [5, 5.41) is 4.07. The lowest BCUT2D eigenvalue weighted by Crippen LogP contribution is -2.15. The van der Waals surface area contributed by atoms with Gasteiger partial charge in [0.2, 0.25) is 11.7 Å². The maximum atomic E-state index is 5.83. The molecule has 0 radical (unpaired) electrons. The quantitative estimate of drug-likeness (QED) is 0.852. The van der Waals surface area contributed by atoms with Gasteiger partial charge in [-0.15, -0.1) is 0 Å². The Hall–Kier alpha value is -1.88. The molecule has 20 heavy (non-hydrogen) atoms. The number of anilines is 1. The van der Waals surface area contributed by atoms with E-state index in [-0.39, 0.29) is 18.1 Å². The van der Waals surface area contributed by atoms with Crippen LogP contribution in [0.15, 0.2) is 28.8 Å². The number of nitrogens with two attached hydrogens (primary N) is 1. The van der Waals surface area contributed by atoms with E-state index in [1.165, 1.54) is 0 Å². The van der Waals surface area contributed by atoms with E-state index >= 15 is 0 Å². The zero-order valence-electron chi connectivity index (χ0n) is 11.9. The molecular weight excluding hydrogens is 254 g/mol. The minimum absolute atomic E-state index is 0.0918. The second-order valence-electron chi connectivity index (χ2n) is 5.51. The van der Waals surface area contributed by atoms with Crippen molar-refractivity contribution < 1.29 is 9.26 Å². The van der Waals surface area contributed by atoms with Crippen LogP contribution in [-0.2, 0) is 4.74 Å². The van der Waals surface area contributed by atoms with Gasteiger partial charge in [-0.1, -0.05) is 24.2 Å². The lowest BCUT2D eigenvalue weighted by atomic mass is 9.89.